The highest BCUT2D eigenvalue weighted by Gasteiger charge is 2.23. The number of nitriles is 2. The van der Waals surface area contributed by atoms with Crippen LogP contribution in [0.5, 0.6) is 0 Å². The maximum Gasteiger partial charge on any atom is 0.271 e. The number of hydrogen-bond donors (Lipinski definition) is 1. The number of fused-ring (bicyclic) bond motifs is 1. The quantitative estimate of drug-likeness (QED) is 0.583. The molecule has 1 heterocycles. The molecule has 0 saturated heterocycles. The van der Waals surface area contributed by atoms with E-state index < -0.39 is 5.56 Å². The minimum absolute atomic E-state index is 0.0586. The second-order valence-electron chi connectivity index (χ2n) is 6.64. The molecule has 0 amide bonds. The number of pyridine rings is 1. The molecule has 4 rings (SSSR count). The first-order valence-electron chi connectivity index (χ1n) is 9.04. The molecule has 1 aromatic heterocycles. The molecule has 0 saturated carbocycles. The van der Waals surface area contributed by atoms with Gasteiger partial charge in [0.15, 0.2) is 0 Å². The second kappa shape index (κ2) is 7.34. The van der Waals surface area contributed by atoms with Crippen molar-refractivity contribution in [1.29, 1.82) is 10.5 Å². The van der Waals surface area contributed by atoms with E-state index in [4.69, 9.17) is 5.73 Å². The van der Waals surface area contributed by atoms with Crippen molar-refractivity contribution in [2.75, 3.05) is 5.73 Å². The summed E-state index contributed by atoms with van der Waals surface area (Å²) >= 11 is 0. The molecule has 0 bridgehead atoms. The van der Waals surface area contributed by atoms with Crippen LogP contribution in [-0.2, 0) is 6.54 Å². The van der Waals surface area contributed by atoms with E-state index in [2.05, 4.69) is 6.07 Å². The number of nitrogen functional groups attached to an aromatic ring is 1. The molecule has 5 nitrogen and oxygen atoms in total. The Balaban J connectivity index is 2.05. The number of nitrogens with zero attached hydrogens (tertiary/aromatic N) is 3. The van der Waals surface area contributed by atoms with Gasteiger partial charge in [0, 0.05) is 5.56 Å². The van der Waals surface area contributed by atoms with Gasteiger partial charge in [-0.2, -0.15) is 10.5 Å². The fourth-order valence-corrected chi connectivity index (χ4v) is 3.59. The summed E-state index contributed by atoms with van der Waals surface area (Å²) < 4.78 is 1.29. The third kappa shape index (κ3) is 3.01. The molecule has 0 radical (unpaired) electrons. The van der Waals surface area contributed by atoms with Gasteiger partial charge in [-0.15, -0.1) is 0 Å². The summed E-state index contributed by atoms with van der Waals surface area (Å²) in [5.41, 5.74) is 7.62. The van der Waals surface area contributed by atoms with Crippen molar-refractivity contribution in [2.24, 2.45) is 0 Å². The summed E-state index contributed by atoms with van der Waals surface area (Å²) in [5.74, 6) is 0.0586. The van der Waals surface area contributed by atoms with Crippen molar-refractivity contribution in [2.45, 2.75) is 6.54 Å². The molecular weight excluding hydrogens is 360 g/mol. The first kappa shape index (κ1) is 18.0. The highest BCUT2D eigenvalue weighted by molar-refractivity contribution is 5.99. The maximum atomic E-state index is 13.2. The van der Waals surface area contributed by atoms with Crippen LogP contribution in [0.4, 0.5) is 5.82 Å². The molecule has 0 unspecified atom stereocenters. The Hall–Kier alpha value is -4.35. The summed E-state index contributed by atoms with van der Waals surface area (Å²) in [6.45, 7) is 0.185. The highest BCUT2D eigenvalue weighted by atomic mass is 16.1. The molecule has 29 heavy (non-hydrogen) atoms. The average Bonchev–Trinajstić information content (AvgIpc) is 2.77. The Morgan fingerprint density at radius 2 is 1.48 bits per heavy atom. The van der Waals surface area contributed by atoms with Crippen LogP contribution >= 0.6 is 0 Å². The molecule has 0 atom stereocenters. The summed E-state index contributed by atoms with van der Waals surface area (Å²) in [7, 11) is 0. The van der Waals surface area contributed by atoms with Gasteiger partial charge in [0.1, 0.15) is 29.1 Å². The van der Waals surface area contributed by atoms with E-state index in [-0.39, 0.29) is 23.5 Å². The van der Waals surface area contributed by atoms with Crippen LogP contribution < -0.4 is 11.3 Å². The number of aromatic nitrogens is 1. The lowest BCUT2D eigenvalue weighted by molar-refractivity contribution is 0.768. The van der Waals surface area contributed by atoms with Gasteiger partial charge in [0.25, 0.3) is 5.56 Å². The van der Waals surface area contributed by atoms with Crippen molar-refractivity contribution in [3.05, 3.63) is 99.8 Å². The topological polar surface area (TPSA) is 95.6 Å². The summed E-state index contributed by atoms with van der Waals surface area (Å²) in [5, 5.41) is 21.5. The van der Waals surface area contributed by atoms with Gasteiger partial charge in [0.2, 0.25) is 0 Å². The summed E-state index contributed by atoms with van der Waals surface area (Å²) in [6.07, 6.45) is 0. The zero-order chi connectivity index (χ0) is 20.4. The summed E-state index contributed by atoms with van der Waals surface area (Å²) in [6, 6.07) is 26.7. The van der Waals surface area contributed by atoms with E-state index in [9.17, 15) is 15.3 Å². The third-order valence-corrected chi connectivity index (χ3v) is 4.97. The van der Waals surface area contributed by atoms with Crippen LogP contribution in [0, 0.1) is 22.7 Å². The van der Waals surface area contributed by atoms with E-state index in [0.717, 1.165) is 16.3 Å². The lowest BCUT2D eigenvalue weighted by atomic mass is 9.92. The molecule has 3 aromatic carbocycles. The van der Waals surface area contributed by atoms with Crippen LogP contribution in [0.1, 0.15) is 16.7 Å². The standard InChI is InChI=1S/C24H16N4O/c25-13-20-22(19-12-6-10-17-9-4-5-11-18(17)19)21(14-26)24(29)28(23(20)27)15-16-7-2-1-3-8-16/h1-12H,15,27H2. The van der Waals surface area contributed by atoms with Crippen LogP contribution in [0.25, 0.3) is 21.9 Å². The minimum Gasteiger partial charge on any atom is -0.384 e. The monoisotopic (exact) mass is 376 g/mol. The van der Waals surface area contributed by atoms with Gasteiger partial charge >= 0.3 is 0 Å². The molecule has 138 valence electrons. The number of benzene rings is 3. The zero-order valence-corrected chi connectivity index (χ0v) is 15.5. The largest absolute Gasteiger partial charge is 0.384 e. The predicted molar refractivity (Wildman–Crippen MR) is 113 cm³/mol. The Kier molecular flexibility index (Phi) is 4.57. The molecule has 0 aliphatic rings. The van der Waals surface area contributed by atoms with Crippen LogP contribution in [0.15, 0.2) is 77.6 Å². The fourth-order valence-electron chi connectivity index (χ4n) is 3.59. The van der Waals surface area contributed by atoms with Crippen molar-refractivity contribution in [3.63, 3.8) is 0 Å². The normalized spacial score (nSPS) is 10.4. The van der Waals surface area contributed by atoms with Crippen molar-refractivity contribution in [1.82, 2.24) is 4.57 Å². The molecule has 0 spiro atoms. The van der Waals surface area contributed by atoms with Gasteiger partial charge in [-0.25, -0.2) is 0 Å². The highest BCUT2D eigenvalue weighted by Crippen LogP contribution is 2.34. The van der Waals surface area contributed by atoms with Gasteiger partial charge < -0.3 is 5.73 Å². The van der Waals surface area contributed by atoms with Gasteiger partial charge in [-0.1, -0.05) is 72.8 Å². The number of hydrogen-bond acceptors (Lipinski definition) is 4. The molecule has 4 aromatic rings. The SMILES string of the molecule is N#Cc1c(-c2cccc3ccccc23)c(C#N)c(=O)n(Cc2ccccc2)c1N. The van der Waals surface area contributed by atoms with Crippen LogP contribution in [0.3, 0.4) is 0 Å². The first-order valence-corrected chi connectivity index (χ1v) is 9.04. The number of nitrogens with two attached hydrogens (primary N) is 1. The van der Waals surface area contributed by atoms with Crippen molar-refractivity contribution >= 4 is 16.6 Å². The zero-order valence-electron chi connectivity index (χ0n) is 15.5. The van der Waals surface area contributed by atoms with E-state index in [1.807, 2.05) is 72.8 Å². The van der Waals surface area contributed by atoms with E-state index in [0.29, 0.717) is 11.1 Å². The van der Waals surface area contributed by atoms with Crippen molar-refractivity contribution in [3.8, 4) is 23.3 Å². The lowest BCUT2D eigenvalue weighted by Gasteiger charge is -2.17. The number of rotatable bonds is 3. The van der Waals surface area contributed by atoms with Gasteiger partial charge in [-0.05, 0) is 21.9 Å². The smallest absolute Gasteiger partial charge is 0.271 e. The Morgan fingerprint density at radius 3 is 2.21 bits per heavy atom. The molecule has 0 aliphatic carbocycles. The minimum atomic E-state index is -0.504. The lowest BCUT2D eigenvalue weighted by Crippen LogP contribution is -2.28. The average molecular weight is 376 g/mol. The fraction of sp³-hybridized carbons (Fsp3) is 0.0417. The molecule has 5 heteroatoms. The molecule has 0 fully saturated rings. The Bertz CT molecular complexity index is 1370. The molecule has 2 N–H and O–H groups in total. The second-order valence-corrected chi connectivity index (χ2v) is 6.64. The summed E-state index contributed by atoms with van der Waals surface area (Å²) in [4.78, 5) is 13.2. The predicted octanol–water partition coefficient (Wildman–Crippen LogP) is 4.04. The molecule has 0 aliphatic heterocycles. The number of anilines is 1. The first-order chi connectivity index (χ1) is 14.2. The van der Waals surface area contributed by atoms with Crippen LogP contribution in [0.2, 0.25) is 0 Å². The van der Waals surface area contributed by atoms with E-state index in [1.54, 1.807) is 6.07 Å². The van der Waals surface area contributed by atoms with Crippen LogP contribution in [-0.4, -0.2) is 4.57 Å². The van der Waals surface area contributed by atoms with E-state index in [1.165, 1.54) is 4.57 Å². The Labute approximate surface area is 167 Å². The van der Waals surface area contributed by atoms with Crippen molar-refractivity contribution < 1.29 is 0 Å². The maximum absolute atomic E-state index is 13.2. The Morgan fingerprint density at radius 1 is 0.828 bits per heavy atom. The third-order valence-electron chi connectivity index (χ3n) is 4.97. The molecular formula is C24H16N4O. The van der Waals surface area contributed by atoms with Gasteiger partial charge in [0.05, 0.1) is 6.54 Å². The van der Waals surface area contributed by atoms with Gasteiger partial charge in [-0.3, -0.25) is 9.36 Å². The van der Waals surface area contributed by atoms with E-state index >= 15 is 0 Å².